The Labute approximate surface area is 149 Å². The van der Waals surface area contributed by atoms with Crippen molar-refractivity contribution in [1.82, 2.24) is 9.97 Å². The van der Waals surface area contributed by atoms with E-state index in [0.717, 1.165) is 17.5 Å². The number of halogens is 2. The molecule has 7 heteroatoms. The minimum atomic E-state index is -0.837. The van der Waals surface area contributed by atoms with Crippen molar-refractivity contribution in [3.8, 4) is 0 Å². The lowest BCUT2D eigenvalue weighted by Crippen LogP contribution is -2.13. The topological polar surface area (TPSA) is 66.9 Å². The van der Waals surface area contributed by atoms with E-state index in [1.165, 1.54) is 6.07 Å². The van der Waals surface area contributed by atoms with Gasteiger partial charge in [0.2, 0.25) is 5.95 Å². The quantitative estimate of drug-likeness (QED) is 0.730. The van der Waals surface area contributed by atoms with Crippen molar-refractivity contribution in [2.75, 3.05) is 10.6 Å². The summed E-state index contributed by atoms with van der Waals surface area (Å²) in [5.74, 6) is -1.64. The van der Waals surface area contributed by atoms with E-state index < -0.39 is 17.5 Å². The molecule has 0 unspecified atom stereocenters. The maximum Gasteiger partial charge on any atom is 0.255 e. The fourth-order valence-corrected chi connectivity index (χ4v) is 2.43. The molecule has 1 amide bonds. The summed E-state index contributed by atoms with van der Waals surface area (Å²) in [7, 11) is 0. The molecule has 26 heavy (non-hydrogen) atoms. The van der Waals surface area contributed by atoms with Crippen LogP contribution in [0.25, 0.3) is 0 Å². The number of nitrogens with one attached hydrogen (secondary N) is 2. The van der Waals surface area contributed by atoms with Crippen LogP contribution in [0, 0.1) is 25.5 Å². The summed E-state index contributed by atoms with van der Waals surface area (Å²) in [6.07, 6.45) is 0. The van der Waals surface area contributed by atoms with Crippen molar-refractivity contribution >= 4 is 23.2 Å². The number of carbonyl (C=O) groups excluding carboxylic acids is 1. The van der Waals surface area contributed by atoms with Gasteiger partial charge in [-0.1, -0.05) is 6.07 Å². The molecule has 0 aliphatic heterocycles. The number of rotatable bonds is 4. The Kier molecular flexibility index (Phi) is 4.88. The number of hydrogen-bond acceptors (Lipinski definition) is 4. The van der Waals surface area contributed by atoms with Crippen molar-refractivity contribution in [3.05, 3.63) is 77.1 Å². The third-order valence-corrected chi connectivity index (χ3v) is 3.54. The molecule has 1 aromatic heterocycles. The van der Waals surface area contributed by atoms with E-state index in [9.17, 15) is 13.6 Å². The Morgan fingerprint density at radius 3 is 2.38 bits per heavy atom. The zero-order valence-electron chi connectivity index (χ0n) is 14.2. The highest BCUT2D eigenvalue weighted by molar-refractivity contribution is 6.04. The van der Waals surface area contributed by atoms with E-state index in [0.29, 0.717) is 23.3 Å². The standard InChI is InChI=1S/C19H16F2N4O/c1-11-8-12(2)23-19(22-11)24-15-5-3-4-13(9-15)18(26)25-17-7-6-14(20)10-16(17)21/h3-10H,1-2H3,(H,25,26)(H,22,23,24). The molecule has 0 spiro atoms. The van der Waals surface area contributed by atoms with E-state index in [2.05, 4.69) is 20.6 Å². The van der Waals surface area contributed by atoms with Crippen molar-refractivity contribution < 1.29 is 13.6 Å². The van der Waals surface area contributed by atoms with Crippen LogP contribution in [0.15, 0.2) is 48.5 Å². The van der Waals surface area contributed by atoms with Crippen LogP contribution in [0.3, 0.4) is 0 Å². The van der Waals surface area contributed by atoms with Crippen LogP contribution in [0.5, 0.6) is 0 Å². The molecule has 132 valence electrons. The minimum absolute atomic E-state index is 0.0904. The largest absolute Gasteiger partial charge is 0.324 e. The lowest BCUT2D eigenvalue weighted by Gasteiger charge is -2.09. The van der Waals surface area contributed by atoms with E-state index in [1.807, 2.05) is 19.9 Å². The zero-order valence-corrected chi connectivity index (χ0v) is 14.2. The summed E-state index contributed by atoms with van der Waals surface area (Å²) in [5.41, 5.74) is 2.47. The number of amides is 1. The maximum atomic E-state index is 13.7. The summed E-state index contributed by atoms with van der Waals surface area (Å²) in [5, 5.41) is 5.46. The van der Waals surface area contributed by atoms with Crippen LogP contribution < -0.4 is 10.6 Å². The predicted octanol–water partition coefficient (Wildman–Crippen LogP) is 4.37. The van der Waals surface area contributed by atoms with Gasteiger partial charge < -0.3 is 10.6 Å². The lowest BCUT2D eigenvalue weighted by atomic mass is 10.2. The minimum Gasteiger partial charge on any atom is -0.324 e. The van der Waals surface area contributed by atoms with Crippen LogP contribution in [0.2, 0.25) is 0 Å². The van der Waals surface area contributed by atoms with E-state index >= 15 is 0 Å². The number of nitrogens with zero attached hydrogens (tertiary/aromatic N) is 2. The van der Waals surface area contributed by atoms with Gasteiger partial charge in [-0.25, -0.2) is 18.7 Å². The molecule has 0 saturated carbocycles. The fraction of sp³-hybridized carbons (Fsp3) is 0.105. The van der Waals surface area contributed by atoms with E-state index in [1.54, 1.807) is 24.3 Å². The molecule has 1 heterocycles. The smallest absolute Gasteiger partial charge is 0.255 e. The summed E-state index contributed by atoms with van der Waals surface area (Å²) >= 11 is 0. The first-order valence-electron chi connectivity index (χ1n) is 7.86. The molecule has 2 aromatic carbocycles. The monoisotopic (exact) mass is 354 g/mol. The van der Waals surface area contributed by atoms with Crippen molar-refractivity contribution in [3.63, 3.8) is 0 Å². The molecule has 0 fully saturated rings. The van der Waals surface area contributed by atoms with Crippen LogP contribution >= 0.6 is 0 Å². The Hall–Kier alpha value is -3.35. The molecule has 5 nitrogen and oxygen atoms in total. The third-order valence-electron chi connectivity index (χ3n) is 3.54. The summed E-state index contributed by atoms with van der Waals surface area (Å²) in [4.78, 5) is 20.9. The molecular weight excluding hydrogens is 338 g/mol. The van der Waals surface area contributed by atoms with Gasteiger partial charge in [0.15, 0.2) is 0 Å². The van der Waals surface area contributed by atoms with Crippen molar-refractivity contribution in [2.45, 2.75) is 13.8 Å². The average Bonchev–Trinajstić information content (AvgIpc) is 2.56. The second-order valence-electron chi connectivity index (χ2n) is 5.76. The zero-order chi connectivity index (χ0) is 18.7. The number of carbonyl (C=O) groups is 1. The van der Waals surface area contributed by atoms with Crippen molar-refractivity contribution in [1.29, 1.82) is 0 Å². The van der Waals surface area contributed by atoms with Crippen molar-refractivity contribution in [2.24, 2.45) is 0 Å². The van der Waals surface area contributed by atoms with E-state index in [-0.39, 0.29) is 5.69 Å². The Morgan fingerprint density at radius 2 is 1.69 bits per heavy atom. The number of anilines is 3. The normalized spacial score (nSPS) is 10.5. The molecule has 3 rings (SSSR count). The SMILES string of the molecule is Cc1cc(C)nc(Nc2cccc(C(=O)Nc3ccc(F)cc3F)c2)n1. The van der Waals surface area contributed by atoms with Gasteiger partial charge in [-0.05, 0) is 50.2 Å². The van der Waals surface area contributed by atoms with Gasteiger partial charge in [0, 0.05) is 28.7 Å². The molecular formula is C19H16F2N4O. The molecule has 0 bridgehead atoms. The third kappa shape index (κ3) is 4.18. The van der Waals surface area contributed by atoms with Gasteiger partial charge in [0.05, 0.1) is 5.69 Å². The van der Waals surface area contributed by atoms with Crippen LogP contribution in [0.4, 0.5) is 26.1 Å². The van der Waals surface area contributed by atoms with Gasteiger partial charge in [-0.15, -0.1) is 0 Å². The Bertz CT molecular complexity index is 955. The summed E-state index contributed by atoms with van der Waals surface area (Å²) in [6, 6.07) is 11.4. The summed E-state index contributed by atoms with van der Waals surface area (Å²) < 4.78 is 26.6. The number of aryl methyl sites for hydroxylation is 2. The molecule has 3 aromatic rings. The second kappa shape index (κ2) is 7.26. The van der Waals surface area contributed by atoms with Gasteiger partial charge in [-0.2, -0.15) is 0 Å². The highest BCUT2D eigenvalue weighted by Crippen LogP contribution is 2.19. The first kappa shape index (κ1) is 17.5. The average molecular weight is 354 g/mol. The van der Waals surface area contributed by atoms with Crippen LogP contribution in [-0.4, -0.2) is 15.9 Å². The molecule has 0 radical (unpaired) electrons. The van der Waals surface area contributed by atoms with Gasteiger partial charge in [-0.3, -0.25) is 4.79 Å². The maximum absolute atomic E-state index is 13.7. The fourth-order valence-electron chi connectivity index (χ4n) is 2.43. The van der Waals surface area contributed by atoms with Crippen LogP contribution in [0.1, 0.15) is 21.7 Å². The Balaban J connectivity index is 1.78. The number of aromatic nitrogens is 2. The molecule has 0 aliphatic rings. The second-order valence-corrected chi connectivity index (χ2v) is 5.76. The molecule has 0 aliphatic carbocycles. The molecule has 2 N–H and O–H groups in total. The van der Waals surface area contributed by atoms with E-state index in [4.69, 9.17) is 0 Å². The lowest BCUT2D eigenvalue weighted by molar-refractivity contribution is 0.102. The van der Waals surface area contributed by atoms with Gasteiger partial charge in [0.25, 0.3) is 5.91 Å². The number of benzene rings is 2. The molecule has 0 saturated heterocycles. The first-order chi connectivity index (χ1) is 12.4. The summed E-state index contributed by atoms with van der Waals surface area (Å²) in [6.45, 7) is 3.72. The molecule has 0 atom stereocenters. The highest BCUT2D eigenvalue weighted by atomic mass is 19.1. The number of hydrogen-bond donors (Lipinski definition) is 2. The van der Waals surface area contributed by atoms with Gasteiger partial charge >= 0.3 is 0 Å². The Morgan fingerprint density at radius 1 is 0.962 bits per heavy atom. The first-order valence-corrected chi connectivity index (χ1v) is 7.86. The van der Waals surface area contributed by atoms with Crippen LogP contribution in [-0.2, 0) is 0 Å². The predicted molar refractivity (Wildman–Crippen MR) is 95.5 cm³/mol. The van der Waals surface area contributed by atoms with Gasteiger partial charge in [0.1, 0.15) is 11.6 Å². The highest BCUT2D eigenvalue weighted by Gasteiger charge is 2.11.